The summed E-state index contributed by atoms with van der Waals surface area (Å²) in [6.07, 6.45) is -4.05. The van der Waals surface area contributed by atoms with Crippen molar-refractivity contribution < 1.29 is 27.7 Å². The molecule has 1 aromatic heterocycles. The first-order valence-corrected chi connectivity index (χ1v) is 6.69. The minimum atomic E-state index is -5.12. The fourth-order valence-electron chi connectivity index (χ4n) is 1.87. The average Bonchev–Trinajstić information content (AvgIpc) is 2.44. The maximum Gasteiger partial charge on any atom is 0.452 e. The summed E-state index contributed by atoms with van der Waals surface area (Å²) in [5, 5.41) is 12.6. The number of Topliss-reactive ketones (excluding diaryl/α,β-unsaturated/α-hetero) is 1. The van der Waals surface area contributed by atoms with Crippen LogP contribution in [0.15, 0.2) is 23.1 Å². The first-order chi connectivity index (χ1) is 10.9. The largest absolute Gasteiger partial charge is 0.452 e. The lowest BCUT2D eigenvalue weighted by molar-refractivity contribution is -0.386. The van der Waals surface area contributed by atoms with Crippen LogP contribution in [0.4, 0.5) is 18.9 Å². The molecular weight excluding hydrogens is 335 g/mol. The highest BCUT2D eigenvalue weighted by atomic mass is 19.4. The average molecular weight is 349 g/mol. The molecule has 0 saturated carbocycles. The number of ketones is 1. The number of carbonyl (C=O) groups is 2. The van der Waals surface area contributed by atoms with Crippen LogP contribution in [-0.4, -0.2) is 33.4 Å². The summed E-state index contributed by atoms with van der Waals surface area (Å²) in [6.45, 7) is 1.87. The predicted octanol–water partition coefficient (Wildman–Crippen LogP) is 1.03. The third-order valence-electron chi connectivity index (χ3n) is 3.06. The van der Waals surface area contributed by atoms with Crippen molar-refractivity contribution in [2.24, 2.45) is 5.92 Å². The number of rotatable bonds is 6. The number of hydrogen-bond donors (Lipinski definition) is 1. The van der Waals surface area contributed by atoms with Crippen LogP contribution in [-0.2, 0) is 16.1 Å². The SMILES string of the molecule is CC(C)C(NC(=O)Cn1cccc([N+](=O)[O-])c1=O)C(=O)C(F)(F)F. The first kappa shape index (κ1) is 19.3. The highest BCUT2D eigenvalue weighted by Crippen LogP contribution is 2.21. The van der Waals surface area contributed by atoms with E-state index >= 15 is 0 Å². The van der Waals surface area contributed by atoms with Crippen LogP contribution < -0.4 is 10.9 Å². The lowest BCUT2D eigenvalue weighted by Gasteiger charge is -2.22. The summed E-state index contributed by atoms with van der Waals surface area (Å²) in [6, 6.07) is 0.265. The van der Waals surface area contributed by atoms with Crippen LogP contribution in [0.1, 0.15) is 13.8 Å². The smallest absolute Gasteiger partial charge is 0.344 e. The fourth-order valence-corrected chi connectivity index (χ4v) is 1.87. The van der Waals surface area contributed by atoms with Gasteiger partial charge in [-0.15, -0.1) is 0 Å². The maximum absolute atomic E-state index is 12.5. The molecule has 0 aromatic carbocycles. The van der Waals surface area contributed by atoms with Gasteiger partial charge in [-0.05, 0) is 12.0 Å². The molecule has 8 nitrogen and oxygen atoms in total. The molecule has 1 amide bonds. The Labute approximate surface area is 133 Å². The highest BCUT2D eigenvalue weighted by Gasteiger charge is 2.44. The Balaban J connectivity index is 2.96. The lowest BCUT2D eigenvalue weighted by Crippen LogP contribution is -2.50. The summed E-state index contributed by atoms with van der Waals surface area (Å²) in [4.78, 5) is 44.6. The Morgan fingerprint density at radius 2 is 1.96 bits per heavy atom. The van der Waals surface area contributed by atoms with E-state index in [9.17, 15) is 37.7 Å². The van der Waals surface area contributed by atoms with E-state index in [2.05, 4.69) is 0 Å². The lowest BCUT2D eigenvalue weighted by atomic mass is 9.99. The Kier molecular flexibility index (Phi) is 5.83. The van der Waals surface area contributed by atoms with Gasteiger partial charge in [0.15, 0.2) is 0 Å². The molecular formula is C13H14F3N3O5. The van der Waals surface area contributed by atoms with Crippen LogP contribution in [0.25, 0.3) is 0 Å². The van der Waals surface area contributed by atoms with Crippen LogP contribution in [0.3, 0.4) is 0 Å². The zero-order valence-corrected chi connectivity index (χ0v) is 12.7. The Bertz CT molecular complexity index is 712. The Hall–Kier alpha value is -2.72. The Morgan fingerprint density at radius 3 is 2.42 bits per heavy atom. The number of alkyl halides is 3. The molecule has 0 bridgehead atoms. The second-order valence-electron chi connectivity index (χ2n) is 5.23. The number of pyridine rings is 1. The van der Waals surface area contributed by atoms with Gasteiger partial charge in [-0.25, -0.2) is 0 Å². The molecule has 0 aliphatic heterocycles. The van der Waals surface area contributed by atoms with E-state index in [-0.39, 0.29) is 0 Å². The number of aromatic nitrogens is 1. The number of nitrogens with one attached hydrogen (secondary N) is 1. The molecule has 0 aliphatic rings. The van der Waals surface area contributed by atoms with Crippen LogP contribution in [0, 0.1) is 16.0 Å². The summed E-state index contributed by atoms with van der Waals surface area (Å²) in [7, 11) is 0. The number of nitro groups is 1. The molecule has 1 N–H and O–H groups in total. The van der Waals surface area contributed by atoms with Gasteiger partial charge in [-0.2, -0.15) is 13.2 Å². The molecule has 0 radical (unpaired) electrons. The molecule has 1 atom stereocenters. The van der Waals surface area contributed by atoms with E-state index in [0.29, 0.717) is 4.57 Å². The van der Waals surface area contributed by atoms with Gasteiger partial charge in [-0.1, -0.05) is 13.8 Å². The van der Waals surface area contributed by atoms with Crippen molar-refractivity contribution in [2.75, 3.05) is 0 Å². The van der Waals surface area contributed by atoms with E-state index in [1.165, 1.54) is 13.8 Å². The van der Waals surface area contributed by atoms with Gasteiger partial charge >= 0.3 is 17.4 Å². The van der Waals surface area contributed by atoms with Gasteiger partial charge in [0.05, 0.1) is 11.0 Å². The van der Waals surface area contributed by atoms with E-state index in [4.69, 9.17) is 0 Å². The molecule has 1 rings (SSSR count). The zero-order valence-electron chi connectivity index (χ0n) is 12.7. The van der Waals surface area contributed by atoms with Crippen LogP contribution in [0.2, 0.25) is 0 Å². The Morgan fingerprint density at radius 1 is 1.38 bits per heavy atom. The fraction of sp³-hybridized carbons (Fsp3) is 0.462. The van der Waals surface area contributed by atoms with Crippen molar-refractivity contribution in [3.05, 3.63) is 38.8 Å². The first-order valence-electron chi connectivity index (χ1n) is 6.69. The van der Waals surface area contributed by atoms with Crippen LogP contribution in [0.5, 0.6) is 0 Å². The molecule has 1 aromatic rings. The van der Waals surface area contributed by atoms with Gasteiger partial charge in [0.1, 0.15) is 6.54 Å². The van der Waals surface area contributed by atoms with Crippen molar-refractivity contribution in [1.29, 1.82) is 0 Å². The monoisotopic (exact) mass is 349 g/mol. The number of carbonyl (C=O) groups excluding carboxylic acids is 2. The molecule has 0 aliphatic carbocycles. The second kappa shape index (κ2) is 7.23. The number of nitrogens with zero attached hydrogens (tertiary/aromatic N) is 2. The molecule has 0 saturated heterocycles. The molecule has 132 valence electrons. The predicted molar refractivity (Wildman–Crippen MR) is 75.2 cm³/mol. The van der Waals surface area contributed by atoms with E-state index < -0.39 is 52.5 Å². The summed E-state index contributed by atoms with van der Waals surface area (Å²) >= 11 is 0. The van der Waals surface area contributed by atoms with Crippen molar-refractivity contribution >= 4 is 17.4 Å². The van der Waals surface area contributed by atoms with Gasteiger partial charge in [-0.3, -0.25) is 24.5 Å². The van der Waals surface area contributed by atoms with Crippen molar-refractivity contribution in [2.45, 2.75) is 32.6 Å². The summed E-state index contributed by atoms with van der Waals surface area (Å²) in [5.74, 6) is -4.00. The molecule has 11 heteroatoms. The minimum Gasteiger partial charge on any atom is -0.344 e. The van der Waals surface area contributed by atoms with E-state index in [1.807, 2.05) is 5.32 Å². The third kappa shape index (κ3) is 4.64. The van der Waals surface area contributed by atoms with Crippen molar-refractivity contribution in [3.63, 3.8) is 0 Å². The van der Waals surface area contributed by atoms with Crippen LogP contribution >= 0.6 is 0 Å². The minimum absolute atomic E-state index is 0.670. The van der Waals surface area contributed by atoms with Gasteiger partial charge in [0.2, 0.25) is 5.91 Å². The number of halogens is 3. The van der Waals surface area contributed by atoms with Gasteiger partial charge in [0, 0.05) is 12.3 Å². The highest BCUT2D eigenvalue weighted by molar-refractivity contribution is 5.92. The molecule has 0 spiro atoms. The maximum atomic E-state index is 12.5. The third-order valence-corrected chi connectivity index (χ3v) is 3.06. The summed E-state index contributed by atoms with van der Waals surface area (Å²) < 4.78 is 38.2. The normalized spacial score (nSPS) is 12.8. The topological polar surface area (TPSA) is 111 Å². The molecule has 24 heavy (non-hydrogen) atoms. The van der Waals surface area contributed by atoms with Crippen molar-refractivity contribution in [1.82, 2.24) is 9.88 Å². The quantitative estimate of drug-likeness (QED) is 0.609. The standard InChI is InChI=1S/C13H14F3N3O5/c1-7(2)10(11(21)13(14,15)16)17-9(20)6-18-5-3-4-8(12(18)22)19(23)24/h3-5,7,10H,6H2,1-2H3,(H,17,20). The summed E-state index contributed by atoms with van der Waals surface area (Å²) in [5.41, 5.74) is -1.86. The number of hydrogen-bond acceptors (Lipinski definition) is 5. The van der Waals surface area contributed by atoms with E-state index in [0.717, 1.165) is 18.3 Å². The second-order valence-corrected chi connectivity index (χ2v) is 5.23. The van der Waals surface area contributed by atoms with Gasteiger partial charge in [0.25, 0.3) is 5.78 Å². The van der Waals surface area contributed by atoms with Crippen molar-refractivity contribution in [3.8, 4) is 0 Å². The zero-order chi connectivity index (χ0) is 18.7. The van der Waals surface area contributed by atoms with E-state index in [1.54, 1.807) is 0 Å². The molecule has 1 heterocycles. The van der Waals surface area contributed by atoms with Gasteiger partial charge < -0.3 is 9.88 Å². The molecule has 1 unspecified atom stereocenters. The number of amides is 1. The molecule has 0 fully saturated rings.